The number of rotatable bonds is 7. The van der Waals surface area contributed by atoms with Crippen LogP contribution in [0, 0.1) is 0 Å². The molecule has 3 aliphatic rings. The number of hydrogen-bond donors (Lipinski definition) is 0. The fraction of sp³-hybridized carbons (Fsp3) is 0.419. The van der Waals surface area contributed by atoms with Crippen LogP contribution in [-0.2, 0) is 13.5 Å². The third-order valence-electron chi connectivity index (χ3n) is 10.0. The van der Waals surface area contributed by atoms with Gasteiger partial charge in [0, 0.05) is 0 Å². The quantitative estimate of drug-likeness (QED) is 0.129. The fourth-order valence-electron chi connectivity index (χ4n) is 7.82. The van der Waals surface area contributed by atoms with E-state index >= 15 is 0 Å². The topological polar surface area (TPSA) is 0 Å². The Balaban J connectivity index is 0.000000148. The summed E-state index contributed by atoms with van der Waals surface area (Å²) in [6.45, 7) is 0. The molecule has 0 N–H and O–H groups in total. The SMILES string of the molecule is C1CCC(P(C2CCCCC2)C2CCCCC2)CC1.[Cl][Ru]([Cl])=[CH]c1ccccc1.c1ccc(P(c2ccccc2)c2ccccc2)cc1. The van der Waals surface area contributed by atoms with E-state index in [1.54, 1.807) is 77.0 Å². The molecule has 48 heavy (non-hydrogen) atoms. The van der Waals surface area contributed by atoms with E-state index in [1.807, 2.05) is 34.9 Å². The summed E-state index contributed by atoms with van der Waals surface area (Å²) in [5, 5.41) is 4.19. The van der Waals surface area contributed by atoms with Gasteiger partial charge < -0.3 is 0 Å². The Morgan fingerprint density at radius 3 is 1.00 bits per heavy atom. The number of halogens is 2. The van der Waals surface area contributed by atoms with Crippen LogP contribution in [0.25, 0.3) is 0 Å². The van der Waals surface area contributed by atoms with Gasteiger partial charge in [-0.05, 0) is 79.3 Å². The molecule has 4 aromatic rings. The van der Waals surface area contributed by atoms with Crippen LogP contribution in [0.2, 0.25) is 0 Å². The Labute approximate surface area is 307 Å². The van der Waals surface area contributed by atoms with E-state index in [2.05, 4.69) is 91.0 Å². The molecule has 3 aliphatic carbocycles. The van der Waals surface area contributed by atoms with Crippen LogP contribution in [-0.4, -0.2) is 21.6 Å². The molecule has 258 valence electrons. The summed E-state index contributed by atoms with van der Waals surface area (Å²) in [6, 6.07) is 42.2. The Hall–Kier alpha value is -1.19. The summed E-state index contributed by atoms with van der Waals surface area (Å²) < 4.78 is 1.92. The van der Waals surface area contributed by atoms with Crippen LogP contribution >= 0.6 is 35.2 Å². The van der Waals surface area contributed by atoms with Crippen LogP contribution in [0.5, 0.6) is 0 Å². The van der Waals surface area contributed by atoms with Gasteiger partial charge in [0.15, 0.2) is 0 Å². The van der Waals surface area contributed by atoms with Gasteiger partial charge >= 0.3 is 73.4 Å². The molecule has 5 heteroatoms. The van der Waals surface area contributed by atoms with E-state index in [4.69, 9.17) is 19.4 Å². The Kier molecular flexibility index (Phi) is 17.4. The van der Waals surface area contributed by atoms with Crippen molar-refractivity contribution in [2.24, 2.45) is 0 Å². The smallest absolute Gasteiger partial charge is 0.0134 e. The molecule has 0 bridgehead atoms. The first kappa shape index (κ1) is 38.1. The molecule has 0 radical (unpaired) electrons. The maximum absolute atomic E-state index is 5.67. The molecule has 0 unspecified atom stereocenters. The standard InChI is InChI=1S/C18H33P.C18H15P.C7H6.2ClH.Ru/c2*1-4-10-16(11-5-1)19(17-12-6-2-7-13-17)18-14-8-3-9-15-18;1-7-5-3-2-4-6-7;;;/h16-18H,1-15H2;1-15H;1-6H;2*1H;/q;;;;;+2/p-2. The largest absolute Gasteiger partial charge is 0.0622 e. The molecule has 0 amide bonds. The third kappa shape index (κ3) is 12.5. The van der Waals surface area contributed by atoms with Crippen LogP contribution in [0.4, 0.5) is 0 Å². The molecule has 0 spiro atoms. The Morgan fingerprint density at radius 2 is 0.708 bits per heavy atom. The fourth-order valence-corrected chi connectivity index (χ4v) is 16.6. The second-order valence-electron chi connectivity index (χ2n) is 13.4. The minimum atomic E-state index is -1.61. The van der Waals surface area contributed by atoms with Crippen molar-refractivity contribution in [1.29, 1.82) is 0 Å². The summed E-state index contributed by atoms with van der Waals surface area (Å²) in [7, 11) is 11.3. The minimum absolute atomic E-state index is 0.385. The average Bonchev–Trinajstić information content (AvgIpc) is 3.15. The van der Waals surface area contributed by atoms with Crippen LogP contribution in [0.15, 0.2) is 121 Å². The zero-order chi connectivity index (χ0) is 33.2. The first-order chi connectivity index (χ1) is 23.7. The summed E-state index contributed by atoms with van der Waals surface area (Å²) >= 11 is -1.61. The first-order valence-electron chi connectivity index (χ1n) is 18.3. The van der Waals surface area contributed by atoms with Crippen molar-refractivity contribution in [1.82, 2.24) is 0 Å². The van der Waals surface area contributed by atoms with Gasteiger partial charge in [0.2, 0.25) is 0 Å². The zero-order valence-electron chi connectivity index (χ0n) is 28.5. The summed E-state index contributed by atoms with van der Waals surface area (Å²) in [6.07, 6.45) is 23.6. The van der Waals surface area contributed by atoms with Gasteiger partial charge in [-0.3, -0.25) is 0 Å². The predicted octanol–water partition coefficient (Wildman–Crippen LogP) is 12.7. The van der Waals surface area contributed by atoms with Crippen molar-refractivity contribution in [3.63, 3.8) is 0 Å². The van der Waals surface area contributed by atoms with E-state index < -0.39 is 21.4 Å². The molecule has 4 aromatic carbocycles. The summed E-state index contributed by atoms with van der Waals surface area (Å²) in [5.41, 5.74) is 4.69. The molecular weight excluding hydrogens is 750 g/mol. The maximum Gasteiger partial charge on any atom is -0.0134 e. The molecule has 0 aliphatic heterocycles. The zero-order valence-corrected chi connectivity index (χ0v) is 33.5. The Morgan fingerprint density at radius 1 is 0.417 bits per heavy atom. The van der Waals surface area contributed by atoms with Crippen molar-refractivity contribution in [3.05, 3.63) is 127 Å². The molecule has 0 aromatic heterocycles. The molecular formula is C43H54Cl2P2Ru. The van der Waals surface area contributed by atoms with Gasteiger partial charge in [-0.2, -0.15) is 0 Å². The van der Waals surface area contributed by atoms with Crippen molar-refractivity contribution in [2.75, 3.05) is 0 Å². The first-order valence-corrected chi connectivity index (χ1v) is 26.7. The summed E-state index contributed by atoms with van der Waals surface area (Å²) in [5.74, 6) is 0. The van der Waals surface area contributed by atoms with Crippen molar-refractivity contribution in [3.8, 4) is 0 Å². The number of benzene rings is 4. The van der Waals surface area contributed by atoms with E-state index in [9.17, 15) is 0 Å². The molecule has 0 atom stereocenters. The van der Waals surface area contributed by atoms with Crippen molar-refractivity contribution >= 4 is 55.7 Å². The molecule has 0 heterocycles. The molecule has 0 nitrogen and oxygen atoms in total. The number of hydrogen-bond acceptors (Lipinski definition) is 0. The van der Waals surface area contributed by atoms with Gasteiger partial charge in [0.1, 0.15) is 0 Å². The third-order valence-corrected chi connectivity index (χ3v) is 18.4. The average molecular weight is 805 g/mol. The second kappa shape index (κ2) is 21.9. The predicted molar refractivity (Wildman–Crippen MR) is 216 cm³/mol. The van der Waals surface area contributed by atoms with Crippen LogP contribution < -0.4 is 15.9 Å². The monoisotopic (exact) mass is 804 g/mol. The van der Waals surface area contributed by atoms with E-state index in [0.29, 0.717) is 7.92 Å². The van der Waals surface area contributed by atoms with Crippen molar-refractivity contribution in [2.45, 2.75) is 113 Å². The van der Waals surface area contributed by atoms with Gasteiger partial charge in [0.05, 0.1) is 0 Å². The molecule has 3 saturated carbocycles. The van der Waals surface area contributed by atoms with E-state index in [0.717, 1.165) is 5.56 Å². The van der Waals surface area contributed by atoms with Gasteiger partial charge in [-0.15, -0.1) is 0 Å². The molecule has 3 fully saturated rings. The maximum atomic E-state index is 5.67. The summed E-state index contributed by atoms with van der Waals surface area (Å²) in [4.78, 5) is 0. The van der Waals surface area contributed by atoms with Crippen LogP contribution in [0.3, 0.4) is 0 Å². The van der Waals surface area contributed by atoms with Gasteiger partial charge in [-0.25, -0.2) is 0 Å². The molecule has 0 saturated heterocycles. The van der Waals surface area contributed by atoms with Crippen molar-refractivity contribution < 1.29 is 13.5 Å². The van der Waals surface area contributed by atoms with E-state index in [-0.39, 0.29) is 0 Å². The van der Waals surface area contributed by atoms with Crippen LogP contribution in [0.1, 0.15) is 102 Å². The molecule has 7 rings (SSSR count). The van der Waals surface area contributed by atoms with Gasteiger partial charge in [0.25, 0.3) is 0 Å². The van der Waals surface area contributed by atoms with E-state index in [1.165, 1.54) is 52.2 Å². The Bertz CT molecular complexity index is 1290. The minimum Gasteiger partial charge on any atom is -0.0622 e. The van der Waals surface area contributed by atoms with Gasteiger partial charge in [-0.1, -0.05) is 157 Å². The normalized spacial score (nSPS) is 17.9. The second-order valence-corrected chi connectivity index (χ2v) is 24.4.